The molecule has 1 aromatic rings. The van der Waals surface area contributed by atoms with Crippen molar-refractivity contribution in [2.45, 2.75) is 26.4 Å². The van der Waals surface area contributed by atoms with Crippen molar-refractivity contribution in [1.82, 2.24) is 9.78 Å². The normalized spacial score (nSPS) is 13.5. The number of aromatic nitrogens is 2. The third-order valence-electron chi connectivity index (χ3n) is 1.76. The summed E-state index contributed by atoms with van der Waals surface area (Å²) in [7, 11) is 1.89. The maximum Gasteiger partial charge on any atom is 0.0567 e. The van der Waals surface area contributed by atoms with E-state index in [2.05, 4.69) is 5.10 Å². The summed E-state index contributed by atoms with van der Waals surface area (Å²) in [5.74, 6) is 0. The van der Waals surface area contributed by atoms with Crippen LogP contribution in [0.4, 0.5) is 0 Å². The fourth-order valence-electron chi connectivity index (χ4n) is 1.15. The van der Waals surface area contributed by atoms with E-state index in [1.165, 1.54) is 0 Å². The predicted octanol–water partition coefficient (Wildman–Crippen LogP) is 0.652. The number of aliphatic hydroxyl groups excluding tert-OH is 1. The van der Waals surface area contributed by atoms with Crippen LogP contribution in [-0.4, -0.2) is 21.0 Å². The minimum Gasteiger partial charge on any atom is -0.393 e. The molecule has 0 fully saturated rings. The molecule has 3 nitrogen and oxygen atoms in total. The van der Waals surface area contributed by atoms with Crippen LogP contribution in [0.5, 0.6) is 0 Å². The molecule has 1 heterocycles. The molecule has 1 N–H and O–H groups in total. The Morgan fingerprint density at radius 3 is 2.73 bits per heavy atom. The Balaban J connectivity index is 2.83. The Bertz CT molecular complexity index is 221. The topological polar surface area (TPSA) is 38.0 Å². The van der Waals surface area contributed by atoms with E-state index in [4.69, 9.17) is 5.11 Å². The van der Waals surface area contributed by atoms with Crippen LogP contribution in [0.3, 0.4) is 0 Å². The number of nitrogens with zero attached hydrogens (tertiary/aromatic N) is 2. The second kappa shape index (κ2) is 3.05. The third kappa shape index (κ3) is 1.80. The van der Waals surface area contributed by atoms with E-state index in [1.807, 2.05) is 24.9 Å². The summed E-state index contributed by atoms with van der Waals surface area (Å²) < 4.78 is 1.81. The smallest absolute Gasteiger partial charge is 0.0567 e. The molecule has 1 aromatic heterocycles. The van der Waals surface area contributed by atoms with Gasteiger partial charge >= 0.3 is 0 Å². The molecule has 1 unspecified atom stereocenters. The second-order valence-electron chi connectivity index (χ2n) is 2.95. The van der Waals surface area contributed by atoms with Gasteiger partial charge in [-0.05, 0) is 19.4 Å². The van der Waals surface area contributed by atoms with Gasteiger partial charge in [0.1, 0.15) is 0 Å². The van der Waals surface area contributed by atoms with Gasteiger partial charge < -0.3 is 5.11 Å². The number of aliphatic hydroxyl groups is 1. The van der Waals surface area contributed by atoms with E-state index in [1.54, 1.807) is 6.92 Å². The minimum absolute atomic E-state index is 0.288. The van der Waals surface area contributed by atoms with E-state index in [0.29, 0.717) is 6.42 Å². The highest BCUT2D eigenvalue weighted by Gasteiger charge is 2.06. The molecular weight excluding hydrogens is 140 g/mol. The summed E-state index contributed by atoms with van der Waals surface area (Å²) in [6, 6.07) is 0. The number of aryl methyl sites for hydroxylation is 2. The van der Waals surface area contributed by atoms with Crippen LogP contribution >= 0.6 is 0 Å². The molecule has 0 bridgehead atoms. The largest absolute Gasteiger partial charge is 0.393 e. The first-order valence-electron chi connectivity index (χ1n) is 3.77. The number of hydrogen-bond donors (Lipinski definition) is 1. The fraction of sp³-hybridized carbons (Fsp3) is 0.625. The van der Waals surface area contributed by atoms with Gasteiger partial charge in [-0.1, -0.05) is 0 Å². The van der Waals surface area contributed by atoms with Crippen LogP contribution in [0.15, 0.2) is 6.20 Å². The number of rotatable bonds is 2. The summed E-state index contributed by atoms with van der Waals surface area (Å²) >= 11 is 0. The summed E-state index contributed by atoms with van der Waals surface area (Å²) in [6.45, 7) is 3.79. The van der Waals surface area contributed by atoms with Crippen LogP contribution < -0.4 is 0 Å². The summed E-state index contributed by atoms with van der Waals surface area (Å²) in [5.41, 5.74) is 2.26. The van der Waals surface area contributed by atoms with Crippen LogP contribution in [-0.2, 0) is 13.5 Å². The summed E-state index contributed by atoms with van der Waals surface area (Å²) in [5, 5.41) is 13.2. The van der Waals surface area contributed by atoms with Gasteiger partial charge in [0.15, 0.2) is 0 Å². The molecule has 0 aromatic carbocycles. The average Bonchev–Trinajstić information content (AvgIpc) is 2.18. The first-order valence-corrected chi connectivity index (χ1v) is 3.77. The van der Waals surface area contributed by atoms with Crippen molar-refractivity contribution in [3.63, 3.8) is 0 Å². The van der Waals surface area contributed by atoms with E-state index >= 15 is 0 Å². The maximum atomic E-state index is 9.13. The van der Waals surface area contributed by atoms with Crippen molar-refractivity contribution in [2.24, 2.45) is 7.05 Å². The number of hydrogen-bond acceptors (Lipinski definition) is 2. The van der Waals surface area contributed by atoms with Crippen molar-refractivity contribution in [3.8, 4) is 0 Å². The Hall–Kier alpha value is -0.830. The van der Waals surface area contributed by atoms with Crippen LogP contribution in [0.1, 0.15) is 18.2 Å². The van der Waals surface area contributed by atoms with Gasteiger partial charge in [0.25, 0.3) is 0 Å². The second-order valence-corrected chi connectivity index (χ2v) is 2.95. The molecule has 0 amide bonds. The zero-order chi connectivity index (χ0) is 8.43. The highest BCUT2D eigenvalue weighted by molar-refractivity contribution is 5.15. The van der Waals surface area contributed by atoms with E-state index in [9.17, 15) is 0 Å². The zero-order valence-electron chi connectivity index (χ0n) is 7.20. The average molecular weight is 154 g/mol. The van der Waals surface area contributed by atoms with Gasteiger partial charge in [-0.15, -0.1) is 0 Å². The van der Waals surface area contributed by atoms with Gasteiger partial charge in [-0.3, -0.25) is 4.68 Å². The molecule has 11 heavy (non-hydrogen) atoms. The van der Waals surface area contributed by atoms with Crippen LogP contribution in [0.25, 0.3) is 0 Å². The maximum absolute atomic E-state index is 9.13. The Morgan fingerprint density at radius 1 is 1.73 bits per heavy atom. The molecule has 0 saturated heterocycles. The van der Waals surface area contributed by atoms with Gasteiger partial charge in [-0.2, -0.15) is 5.10 Å². The quantitative estimate of drug-likeness (QED) is 0.679. The molecule has 0 aliphatic carbocycles. The zero-order valence-corrected chi connectivity index (χ0v) is 7.20. The predicted molar refractivity (Wildman–Crippen MR) is 43.3 cm³/mol. The lowest BCUT2D eigenvalue weighted by molar-refractivity contribution is 0.192. The van der Waals surface area contributed by atoms with Crippen molar-refractivity contribution in [3.05, 3.63) is 17.5 Å². The molecule has 0 spiro atoms. The Morgan fingerprint density at radius 2 is 2.36 bits per heavy atom. The van der Waals surface area contributed by atoms with Crippen molar-refractivity contribution in [2.75, 3.05) is 0 Å². The fourth-order valence-corrected chi connectivity index (χ4v) is 1.15. The lowest BCUT2D eigenvalue weighted by atomic mass is 10.1. The highest BCUT2D eigenvalue weighted by atomic mass is 16.3. The monoisotopic (exact) mass is 154 g/mol. The van der Waals surface area contributed by atoms with Crippen LogP contribution in [0.2, 0.25) is 0 Å². The molecule has 0 aliphatic rings. The highest BCUT2D eigenvalue weighted by Crippen LogP contribution is 2.07. The Kier molecular flexibility index (Phi) is 2.29. The van der Waals surface area contributed by atoms with Crippen LogP contribution in [0, 0.1) is 6.92 Å². The summed E-state index contributed by atoms with van der Waals surface area (Å²) in [4.78, 5) is 0. The van der Waals surface area contributed by atoms with Crippen molar-refractivity contribution < 1.29 is 5.11 Å². The third-order valence-corrected chi connectivity index (χ3v) is 1.76. The molecule has 0 radical (unpaired) electrons. The molecule has 0 saturated carbocycles. The molecule has 1 rings (SSSR count). The first-order chi connectivity index (χ1) is 5.11. The van der Waals surface area contributed by atoms with Gasteiger partial charge in [0, 0.05) is 19.2 Å². The van der Waals surface area contributed by atoms with Gasteiger partial charge in [-0.25, -0.2) is 0 Å². The van der Waals surface area contributed by atoms with Gasteiger partial charge in [0.05, 0.1) is 12.3 Å². The lowest BCUT2D eigenvalue weighted by Crippen LogP contribution is -2.09. The van der Waals surface area contributed by atoms with E-state index in [0.717, 1.165) is 11.3 Å². The van der Waals surface area contributed by atoms with Crippen molar-refractivity contribution in [1.29, 1.82) is 0 Å². The first kappa shape index (κ1) is 8.27. The lowest BCUT2D eigenvalue weighted by Gasteiger charge is -2.05. The Labute approximate surface area is 66.7 Å². The molecule has 62 valence electrons. The molecular formula is C8H14N2O. The molecule has 1 atom stereocenters. The van der Waals surface area contributed by atoms with Crippen molar-refractivity contribution >= 4 is 0 Å². The molecule has 3 heteroatoms. The summed E-state index contributed by atoms with van der Waals surface area (Å²) in [6.07, 6.45) is 2.21. The van der Waals surface area contributed by atoms with E-state index in [-0.39, 0.29) is 6.10 Å². The molecule has 0 aliphatic heterocycles. The van der Waals surface area contributed by atoms with E-state index < -0.39 is 0 Å². The van der Waals surface area contributed by atoms with Gasteiger partial charge in [0.2, 0.25) is 0 Å². The standard InChI is InChI=1S/C8H14N2O/c1-6-5-9-10(3)8(6)4-7(2)11/h5,7,11H,4H2,1-3H3. The minimum atomic E-state index is -0.288. The SMILES string of the molecule is Cc1cnn(C)c1CC(C)O.